The minimum absolute atomic E-state index is 0.264. The van der Waals surface area contributed by atoms with Gasteiger partial charge >= 0.3 is 0 Å². The fraction of sp³-hybridized carbons (Fsp3) is 0.333. The molecule has 0 saturated heterocycles. The number of aromatic amines is 1. The number of hydrogen-bond donors (Lipinski definition) is 2. The first-order valence-electron chi connectivity index (χ1n) is 5.18. The van der Waals surface area contributed by atoms with Crippen LogP contribution >= 0.6 is 15.9 Å². The van der Waals surface area contributed by atoms with E-state index in [1.54, 1.807) is 0 Å². The second-order valence-electron chi connectivity index (χ2n) is 4.01. The molecule has 0 bridgehead atoms. The normalized spacial score (nSPS) is 13.3. The molecule has 0 aliphatic carbocycles. The van der Waals surface area contributed by atoms with E-state index in [-0.39, 0.29) is 6.04 Å². The molecular weight excluding hydrogens is 252 g/mol. The number of hydrogen-bond acceptors (Lipinski definition) is 1. The first kappa shape index (κ1) is 10.7. The topological polar surface area (TPSA) is 41.8 Å². The molecule has 1 heterocycles. The quantitative estimate of drug-likeness (QED) is 0.880. The molecule has 0 radical (unpaired) electrons. The van der Waals surface area contributed by atoms with Crippen molar-refractivity contribution in [3.63, 3.8) is 0 Å². The zero-order valence-corrected chi connectivity index (χ0v) is 10.3. The smallest absolute Gasteiger partial charge is 0.0467 e. The van der Waals surface area contributed by atoms with Crippen molar-refractivity contribution in [2.45, 2.75) is 25.8 Å². The average Bonchev–Trinajstić information content (AvgIpc) is 2.59. The van der Waals surface area contributed by atoms with Crippen molar-refractivity contribution in [2.75, 3.05) is 0 Å². The van der Waals surface area contributed by atoms with E-state index in [9.17, 15) is 0 Å². The van der Waals surface area contributed by atoms with E-state index in [0.717, 1.165) is 17.3 Å². The Bertz CT molecular complexity index is 460. The van der Waals surface area contributed by atoms with Gasteiger partial charge in [0.05, 0.1) is 0 Å². The Morgan fingerprint density at radius 3 is 2.93 bits per heavy atom. The van der Waals surface area contributed by atoms with E-state index in [4.69, 9.17) is 5.73 Å². The predicted molar refractivity (Wildman–Crippen MR) is 68.0 cm³/mol. The minimum Gasteiger partial charge on any atom is -0.358 e. The molecule has 0 amide bonds. The minimum atomic E-state index is 0.264. The molecule has 2 nitrogen and oxygen atoms in total. The van der Waals surface area contributed by atoms with Crippen LogP contribution in [0.4, 0.5) is 0 Å². The van der Waals surface area contributed by atoms with Crippen LogP contribution in [0.15, 0.2) is 28.7 Å². The van der Waals surface area contributed by atoms with Crippen molar-refractivity contribution >= 4 is 26.8 Å². The summed E-state index contributed by atoms with van der Waals surface area (Å²) in [5.41, 5.74) is 8.18. The molecule has 0 aliphatic heterocycles. The maximum Gasteiger partial charge on any atom is 0.0467 e. The second kappa shape index (κ2) is 4.37. The SMILES string of the molecule is CC(N)CCc1cc2c(Br)cccc2[nH]1. The third-order valence-electron chi connectivity index (χ3n) is 2.54. The highest BCUT2D eigenvalue weighted by molar-refractivity contribution is 9.10. The molecule has 80 valence electrons. The van der Waals surface area contributed by atoms with Crippen molar-refractivity contribution in [3.8, 4) is 0 Å². The van der Waals surface area contributed by atoms with E-state index in [0.29, 0.717) is 0 Å². The van der Waals surface area contributed by atoms with Crippen molar-refractivity contribution in [1.82, 2.24) is 4.98 Å². The van der Waals surface area contributed by atoms with E-state index in [2.05, 4.69) is 39.1 Å². The van der Waals surface area contributed by atoms with Crippen molar-refractivity contribution in [3.05, 3.63) is 34.4 Å². The molecule has 3 N–H and O–H groups in total. The van der Waals surface area contributed by atoms with Crippen LogP contribution in [-0.4, -0.2) is 11.0 Å². The number of halogens is 1. The molecule has 0 aliphatic rings. The number of benzene rings is 1. The lowest BCUT2D eigenvalue weighted by atomic mass is 10.1. The highest BCUT2D eigenvalue weighted by Gasteiger charge is 2.04. The van der Waals surface area contributed by atoms with Crippen LogP contribution in [0.1, 0.15) is 19.0 Å². The van der Waals surface area contributed by atoms with Gasteiger partial charge in [-0.2, -0.15) is 0 Å². The number of rotatable bonds is 3. The molecule has 2 rings (SSSR count). The number of aryl methyl sites for hydroxylation is 1. The van der Waals surface area contributed by atoms with Crippen molar-refractivity contribution in [2.24, 2.45) is 5.73 Å². The van der Waals surface area contributed by atoms with Crippen LogP contribution in [0.2, 0.25) is 0 Å². The molecule has 0 saturated carbocycles. The van der Waals surface area contributed by atoms with Crippen LogP contribution in [0.3, 0.4) is 0 Å². The Kier molecular flexibility index (Phi) is 3.12. The Morgan fingerprint density at radius 1 is 1.47 bits per heavy atom. The van der Waals surface area contributed by atoms with E-state index in [1.165, 1.54) is 16.6 Å². The second-order valence-corrected chi connectivity index (χ2v) is 4.87. The molecule has 3 heteroatoms. The Balaban J connectivity index is 2.27. The molecule has 2 aromatic rings. The molecule has 1 aromatic heterocycles. The third-order valence-corrected chi connectivity index (χ3v) is 3.23. The third kappa shape index (κ3) is 2.41. The van der Waals surface area contributed by atoms with E-state index in [1.807, 2.05) is 13.0 Å². The highest BCUT2D eigenvalue weighted by atomic mass is 79.9. The largest absolute Gasteiger partial charge is 0.358 e. The summed E-state index contributed by atoms with van der Waals surface area (Å²) in [4.78, 5) is 3.41. The maximum absolute atomic E-state index is 5.74. The standard InChI is InChI=1S/C12H15BrN2/c1-8(14)5-6-9-7-10-11(13)3-2-4-12(10)15-9/h2-4,7-8,15H,5-6,14H2,1H3. The van der Waals surface area contributed by atoms with Crippen molar-refractivity contribution < 1.29 is 0 Å². The molecule has 15 heavy (non-hydrogen) atoms. The number of nitrogens with two attached hydrogens (primary N) is 1. The highest BCUT2D eigenvalue weighted by Crippen LogP contribution is 2.24. The van der Waals surface area contributed by atoms with Gasteiger partial charge in [-0.15, -0.1) is 0 Å². The van der Waals surface area contributed by atoms with Gasteiger partial charge in [-0.25, -0.2) is 0 Å². The van der Waals surface area contributed by atoms with Crippen molar-refractivity contribution in [1.29, 1.82) is 0 Å². The van der Waals surface area contributed by atoms with Crippen LogP contribution in [-0.2, 0) is 6.42 Å². The first-order chi connectivity index (χ1) is 7.16. The molecule has 1 aromatic carbocycles. The van der Waals surface area contributed by atoms with Gasteiger partial charge in [0.15, 0.2) is 0 Å². The summed E-state index contributed by atoms with van der Waals surface area (Å²) in [6, 6.07) is 8.65. The number of nitrogens with one attached hydrogen (secondary N) is 1. The summed E-state index contributed by atoms with van der Waals surface area (Å²) < 4.78 is 1.14. The zero-order valence-electron chi connectivity index (χ0n) is 8.76. The molecule has 0 spiro atoms. The van der Waals surface area contributed by atoms with Gasteiger partial charge in [-0.3, -0.25) is 0 Å². The zero-order chi connectivity index (χ0) is 10.8. The summed E-state index contributed by atoms with van der Waals surface area (Å²) in [6.07, 6.45) is 2.03. The van der Waals surface area contributed by atoms with Crippen LogP contribution in [0.25, 0.3) is 10.9 Å². The fourth-order valence-electron chi connectivity index (χ4n) is 1.69. The van der Waals surface area contributed by atoms with Gasteiger partial charge in [-0.1, -0.05) is 22.0 Å². The van der Waals surface area contributed by atoms with E-state index >= 15 is 0 Å². The number of aromatic nitrogens is 1. The van der Waals surface area contributed by atoms with Crippen LogP contribution in [0, 0.1) is 0 Å². The monoisotopic (exact) mass is 266 g/mol. The summed E-state index contributed by atoms with van der Waals surface area (Å²) in [5.74, 6) is 0. The van der Waals surface area contributed by atoms with Gasteiger partial charge < -0.3 is 10.7 Å². The predicted octanol–water partition coefficient (Wildman–Crippen LogP) is 3.21. The Hall–Kier alpha value is -0.800. The van der Waals surface area contributed by atoms with E-state index < -0.39 is 0 Å². The molecule has 1 atom stereocenters. The fourth-order valence-corrected chi connectivity index (χ4v) is 2.17. The summed E-state index contributed by atoms with van der Waals surface area (Å²) in [6.45, 7) is 2.04. The molecule has 0 fully saturated rings. The Morgan fingerprint density at radius 2 is 2.27 bits per heavy atom. The molecular formula is C12H15BrN2. The van der Waals surface area contributed by atoms with Crippen LogP contribution < -0.4 is 5.73 Å². The van der Waals surface area contributed by atoms with Gasteiger partial charge in [-0.05, 0) is 38.0 Å². The maximum atomic E-state index is 5.74. The lowest BCUT2D eigenvalue weighted by Gasteiger charge is -2.01. The van der Waals surface area contributed by atoms with Gasteiger partial charge in [0, 0.05) is 27.1 Å². The number of H-pyrrole nitrogens is 1. The first-order valence-corrected chi connectivity index (χ1v) is 5.98. The lowest BCUT2D eigenvalue weighted by molar-refractivity contribution is 0.660. The molecule has 1 unspecified atom stereocenters. The van der Waals surface area contributed by atoms with Gasteiger partial charge in [0.2, 0.25) is 0 Å². The lowest BCUT2D eigenvalue weighted by Crippen LogP contribution is -2.15. The Labute approximate surface area is 98.0 Å². The van der Waals surface area contributed by atoms with Gasteiger partial charge in [0.25, 0.3) is 0 Å². The summed E-state index contributed by atoms with van der Waals surface area (Å²) in [5, 5.41) is 1.25. The summed E-state index contributed by atoms with van der Waals surface area (Å²) in [7, 11) is 0. The van der Waals surface area contributed by atoms with Gasteiger partial charge in [0.1, 0.15) is 0 Å². The summed E-state index contributed by atoms with van der Waals surface area (Å²) >= 11 is 3.55. The average molecular weight is 267 g/mol. The number of fused-ring (bicyclic) bond motifs is 1. The van der Waals surface area contributed by atoms with Crippen LogP contribution in [0.5, 0.6) is 0 Å².